The summed E-state index contributed by atoms with van der Waals surface area (Å²) >= 11 is 5.93. The number of hydrogen-bond acceptors (Lipinski definition) is 6. The number of rotatable bonds is 3. The normalized spacial score (nSPS) is 19.2. The van der Waals surface area contributed by atoms with E-state index in [1.54, 1.807) is 0 Å². The molecule has 1 aromatic heterocycles. The first kappa shape index (κ1) is 13.5. The van der Waals surface area contributed by atoms with Crippen molar-refractivity contribution in [3.8, 4) is 0 Å². The van der Waals surface area contributed by atoms with E-state index in [1.807, 2.05) is 0 Å². The van der Waals surface area contributed by atoms with Crippen molar-refractivity contribution in [1.82, 2.24) is 4.98 Å². The van der Waals surface area contributed by atoms with Crippen LogP contribution < -0.4 is 4.90 Å². The summed E-state index contributed by atoms with van der Waals surface area (Å²) in [7, 11) is 0. The van der Waals surface area contributed by atoms with E-state index in [-0.39, 0.29) is 23.1 Å². The third-order valence-corrected chi connectivity index (χ3v) is 2.98. The van der Waals surface area contributed by atoms with Crippen LogP contribution in [0.25, 0.3) is 0 Å². The van der Waals surface area contributed by atoms with Crippen LogP contribution in [0.3, 0.4) is 0 Å². The molecule has 0 bridgehead atoms. The van der Waals surface area contributed by atoms with E-state index in [0.29, 0.717) is 13.2 Å². The Balaban J connectivity index is 2.34. The lowest BCUT2D eigenvalue weighted by atomic mass is 10.2. The van der Waals surface area contributed by atoms with Crippen LogP contribution in [-0.4, -0.2) is 46.8 Å². The van der Waals surface area contributed by atoms with Gasteiger partial charge in [0.1, 0.15) is 12.0 Å². The lowest BCUT2D eigenvalue weighted by Gasteiger charge is -2.34. The van der Waals surface area contributed by atoms with Crippen LogP contribution >= 0.6 is 11.6 Å². The van der Waals surface area contributed by atoms with Gasteiger partial charge >= 0.3 is 5.97 Å². The average molecular weight is 288 g/mol. The SMILES string of the molecule is O=C(O)C1COCCN1c1ncc([N+](=O)[O-])cc1Cl. The highest BCUT2D eigenvalue weighted by atomic mass is 35.5. The first-order chi connectivity index (χ1) is 9.00. The van der Waals surface area contributed by atoms with Gasteiger partial charge < -0.3 is 14.7 Å². The Morgan fingerprint density at radius 1 is 1.68 bits per heavy atom. The van der Waals surface area contributed by atoms with E-state index in [2.05, 4.69) is 4.98 Å². The summed E-state index contributed by atoms with van der Waals surface area (Å²) in [6.07, 6.45) is 1.05. The van der Waals surface area contributed by atoms with E-state index in [1.165, 1.54) is 4.90 Å². The van der Waals surface area contributed by atoms with Crippen LogP contribution in [-0.2, 0) is 9.53 Å². The monoisotopic (exact) mass is 287 g/mol. The number of nitrogens with zero attached hydrogens (tertiary/aromatic N) is 3. The molecule has 1 fully saturated rings. The number of carbonyl (C=O) groups is 1. The Labute approximate surface area is 112 Å². The van der Waals surface area contributed by atoms with Gasteiger partial charge in [-0.2, -0.15) is 0 Å². The molecule has 0 aliphatic carbocycles. The number of nitro groups is 1. The van der Waals surface area contributed by atoms with E-state index in [4.69, 9.17) is 21.4 Å². The van der Waals surface area contributed by atoms with Crippen molar-refractivity contribution >= 4 is 29.1 Å². The highest BCUT2D eigenvalue weighted by molar-refractivity contribution is 6.33. The Morgan fingerprint density at radius 2 is 2.42 bits per heavy atom. The predicted molar refractivity (Wildman–Crippen MR) is 65.5 cm³/mol. The minimum atomic E-state index is -1.06. The quantitative estimate of drug-likeness (QED) is 0.651. The van der Waals surface area contributed by atoms with Crippen LogP contribution in [0.5, 0.6) is 0 Å². The molecule has 0 radical (unpaired) electrons. The molecule has 9 heteroatoms. The second kappa shape index (κ2) is 5.37. The number of hydrogen-bond donors (Lipinski definition) is 1. The van der Waals surface area contributed by atoms with Gasteiger partial charge in [0.05, 0.1) is 23.2 Å². The van der Waals surface area contributed by atoms with E-state index in [0.717, 1.165) is 12.3 Å². The van der Waals surface area contributed by atoms with E-state index >= 15 is 0 Å². The van der Waals surface area contributed by atoms with Crippen LogP contribution in [0.15, 0.2) is 12.3 Å². The summed E-state index contributed by atoms with van der Waals surface area (Å²) in [5, 5.41) is 19.7. The predicted octanol–water partition coefficient (Wildman–Crippen LogP) is 0.933. The van der Waals surface area contributed by atoms with E-state index in [9.17, 15) is 14.9 Å². The molecular weight excluding hydrogens is 278 g/mol. The first-order valence-electron chi connectivity index (χ1n) is 5.38. The second-order valence-corrected chi connectivity index (χ2v) is 4.29. The van der Waals surface area contributed by atoms with Crippen molar-refractivity contribution in [1.29, 1.82) is 0 Å². The van der Waals surface area contributed by atoms with E-state index < -0.39 is 16.9 Å². The number of aliphatic carboxylic acids is 1. The smallest absolute Gasteiger partial charge is 0.328 e. The zero-order valence-corrected chi connectivity index (χ0v) is 10.4. The Bertz CT molecular complexity index is 524. The van der Waals surface area contributed by atoms with Crippen molar-refractivity contribution in [3.05, 3.63) is 27.4 Å². The molecule has 1 atom stereocenters. The fraction of sp³-hybridized carbons (Fsp3) is 0.400. The number of carboxylic acids is 1. The van der Waals surface area contributed by atoms with Crippen molar-refractivity contribution in [2.45, 2.75) is 6.04 Å². The van der Waals surface area contributed by atoms with Gasteiger partial charge in [0.2, 0.25) is 0 Å². The lowest BCUT2D eigenvalue weighted by Crippen LogP contribution is -2.50. The van der Waals surface area contributed by atoms with Crippen molar-refractivity contribution < 1.29 is 19.6 Å². The zero-order valence-electron chi connectivity index (χ0n) is 9.65. The summed E-state index contributed by atoms with van der Waals surface area (Å²) in [5.41, 5.74) is -0.242. The van der Waals surface area contributed by atoms with Gasteiger partial charge in [0, 0.05) is 12.6 Å². The molecule has 1 saturated heterocycles. The molecule has 8 nitrogen and oxygen atoms in total. The molecule has 102 valence electrons. The third kappa shape index (κ3) is 2.74. The van der Waals surface area contributed by atoms with Crippen molar-refractivity contribution in [2.75, 3.05) is 24.7 Å². The standard InChI is InChI=1S/C10H10ClN3O5/c11-7-3-6(14(17)18)4-12-9(7)13-1-2-19-5-8(13)10(15)16/h3-4,8H,1-2,5H2,(H,15,16). The van der Waals surface area contributed by atoms with Gasteiger partial charge in [0.15, 0.2) is 6.04 Å². The number of aromatic nitrogens is 1. The average Bonchev–Trinajstić information content (AvgIpc) is 2.38. The molecule has 19 heavy (non-hydrogen) atoms. The Morgan fingerprint density at radius 3 is 3.00 bits per heavy atom. The molecule has 0 saturated carbocycles. The summed E-state index contributed by atoms with van der Waals surface area (Å²) in [6.45, 7) is 0.671. The maximum absolute atomic E-state index is 11.1. The molecular formula is C10H10ClN3O5. The maximum Gasteiger partial charge on any atom is 0.328 e. The van der Waals surface area contributed by atoms with Crippen molar-refractivity contribution in [2.24, 2.45) is 0 Å². The topological polar surface area (TPSA) is 106 Å². The van der Waals surface area contributed by atoms with Gasteiger partial charge in [0.25, 0.3) is 5.69 Å². The molecule has 2 heterocycles. The fourth-order valence-corrected chi connectivity index (χ4v) is 2.06. The number of anilines is 1. The molecule has 1 aliphatic rings. The largest absolute Gasteiger partial charge is 0.480 e. The molecule has 1 aromatic rings. The van der Waals surface area contributed by atoms with Gasteiger partial charge in [-0.25, -0.2) is 9.78 Å². The highest BCUT2D eigenvalue weighted by Gasteiger charge is 2.31. The van der Waals surface area contributed by atoms with Gasteiger partial charge in [-0.1, -0.05) is 11.6 Å². The number of morpholine rings is 1. The number of carboxylic acid groups (broad SMARTS) is 1. The van der Waals surface area contributed by atoms with Gasteiger partial charge in [-0.3, -0.25) is 10.1 Å². The zero-order chi connectivity index (χ0) is 14.0. The second-order valence-electron chi connectivity index (χ2n) is 3.88. The molecule has 2 rings (SSSR count). The molecule has 0 aromatic carbocycles. The molecule has 0 spiro atoms. The highest BCUT2D eigenvalue weighted by Crippen LogP contribution is 2.29. The summed E-state index contributed by atoms with van der Waals surface area (Å²) in [6, 6.07) is 0.248. The summed E-state index contributed by atoms with van der Waals surface area (Å²) < 4.78 is 5.10. The van der Waals surface area contributed by atoms with Crippen LogP contribution in [0.4, 0.5) is 11.5 Å². The van der Waals surface area contributed by atoms with Gasteiger partial charge in [-0.15, -0.1) is 0 Å². The van der Waals surface area contributed by atoms with Crippen LogP contribution in [0.1, 0.15) is 0 Å². The summed E-state index contributed by atoms with van der Waals surface area (Å²) in [5.74, 6) is -0.848. The fourth-order valence-electron chi connectivity index (χ4n) is 1.79. The minimum absolute atomic E-state index is 0.0182. The van der Waals surface area contributed by atoms with Crippen LogP contribution in [0, 0.1) is 10.1 Å². The van der Waals surface area contributed by atoms with Gasteiger partial charge in [-0.05, 0) is 0 Å². The first-order valence-corrected chi connectivity index (χ1v) is 5.75. The lowest BCUT2D eigenvalue weighted by molar-refractivity contribution is -0.385. The van der Waals surface area contributed by atoms with Crippen LogP contribution in [0.2, 0.25) is 5.02 Å². The molecule has 1 N–H and O–H groups in total. The minimum Gasteiger partial charge on any atom is -0.480 e. The molecule has 1 aliphatic heterocycles. The number of ether oxygens (including phenoxy) is 1. The number of halogens is 1. The maximum atomic E-state index is 11.1. The Hall–Kier alpha value is -1.93. The van der Waals surface area contributed by atoms with Crippen molar-refractivity contribution in [3.63, 3.8) is 0 Å². The number of pyridine rings is 1. The Kier molecular flexibility index (Phi) is 3.82. The molecule has 1 unspecified atom stereocenters. The summed E-state index contributed by atoms with van der Waals surface area (Å²) in [4.78, 5) is 26.5. The third-order valence-electron chi connectivity index (χ3n) is 2.70. The molecule has 0 amide bonds.